The third kappa shape index (κ3) is 7.23. The Morgan fingerprint density at radius 1 is 0.833 bits per heavy atom. The van der Waals surface area contributed by atoms with E-state index in [9.17, 15) is 9.59 Å². The smallest absolute Gasteiger partial charge is 0.323 e. The molecule has 1 aliphatic heterocycles. The van der Waals surface area contributed by atoms with Gasteiger partial charge in [-0.25, -0.2) is 4.79 Å². The number of carbonyl (C=O) groups excluding carboxylic acids is 2. The number of hydrogen-bond acceptors (Lipinski definition) is 5. The SMILES string of the molecule is COc1cc(NC(=O)Nc2ccc(Oc3ccccc3)cc2)ccc1C(=O)NCCN1CCCCC1. The van der Waals surface area contributed by atoms with Crippen molar-refractivity contribution in [3.8, 4) is 17.2 Å². The van der Waals surface area contributed by atoms with Crippen molar-refractivity contribution in [1.82, 2.24) is 10.2 Å². The van der Waals surface area contributed by atoms with Crippen LogP contribution in [0.5, 0.6) is 17.2 Å². The minimum absolute atomic E-state index is 0.197. The number of anilines is 2. The molecule has 0 radical (unpaired) electrons. The number of rotatable bonds is 9. The molecule has 3 amide bonds. The van der Waals surface area contributed by atoms with Crippen LogP contribution in [0.25, 0.3) is 0 Å². The molecule has 0 atom stereocenters. The normalized spacial score (nSPS) is 13.5. The van der Waals surface area contributed by atoms with Crippen LogP contribution in [0.4, 0.5) is 16.2 Å². The Balaban J connectivity index is 1.28. The summed E-state index contributed by atoms with van der Waals surface area (Å²) in [6, 6.07) is 21.1. The number of benzene rings is 3. The summed E-state index contributed by atoms with van der Waals surface area (Å²) in [7, 11) is 1.50. The molecule has 0 spiro atoms. The van der Waals surface area contributed by atoms with Crippen molar-refractivity contribution < 1.29 is 19.1 Å². The predicted molar refractivity (Wildman–Crippen MR) is 141 cm³/mol. The summed E-state index contributed by atoms with van der Waals surface area (Å²) in [5.41, 5.74) is 1.55. The van der Waals surface area contributed by atoms with Gasteiger partial charge in [-0.15, -0.1) is 0 Å². The number of amides is 3. The average Bonchev–Trinajstić information content (AvgIpc) is 2.91. The molecule has 1 fully saturated rings. The van der Waals surface area contributed by atoms with Gasteiger partial charge in [-0.2, -0.15) is 0 Å². The number of hydrogen-bond donors (Lipinski definition) is 3. The Labute approximate surface area is 211 Å². The zero-order valence-electron chi connectivity index (χ0n) is 20.5. The highest BCUT2D eigenvalue weighted by Crippen LogP contribution is 2.25. The van der Waals surface area contributed by atoms with E-state index in [0.717, 1.165) is 25.4 Å². The summed E-state index contributed by atoms with van der Waals surface area (Å²) in [5.74, 6) is 1.61. The summed E-state index contributed by atoms with van der Waals surface area (Å²) < 4.78 is 11.2. The zero-order valence-corrected chi connectivity index (χ0v) is 20.5. The molecule has 0 aromatic heterocycles. The number of likely N-dealkylation sites (tertiary alicyclic amines) is 1. The maximum absolute atomic E-state index is 12.7. The molecular formula is C28H32N4O4. The lowest BCUT2D eigenvalue weighted by Gasteiger charge is -2.26. The van der Waals surface area contributed by atoms with Crippen molar-refractivity contribution >= 4 is 23.3 Å². The Kier molecular flexibility index (Phi) is 8.77. The largest absolute Gasteiger partial charge is 0.496 e. The lowest BCUT2D eigenvalue weighted by molar-refractivity contribution is 0.0943. The summed E-state index contributed by atoms with van der Waals surface area (Å²) in [6.07, 6.45) is 3.73. The molecule has 1 heterocycles. The van der Waals surface area contributed by atoms with Crippen LogP contribution in [0, 0.1) is 0 Å². The third-order valence-corrected chi connectivity index (χ3v) is 5.96. The highest BCUT2D eigenvalue weighted by molar-refractivity contribution is 6.01. The van der Waals surface area contributed by atoms with Gasteiger partial charge >= 0.3 is 6.03 Å². The Morgan fingerprint density at radius 2 is 1.50 bits per heavy atom. The Hall–Kier alpha value is -4.04. The van der Waals surface area contributed by atoms with Gasteiger partial charge in [0.25, 0.3) is 5.91 Å². The molecule has 3 aromatic rings. The molecule has 36 heavy (non-hydrogen) atoms. The van der Waals surface area contributed by atoms with Crippen molar-refractivity contribution in [2.75, 3.05) is 43.9 Å². The fourth-order valence-electron chi connectivity index (χ4n) is 4.09. The number of para-hydroxylation sites is 1. The van der Waals surface area contributed by atoms with Crippen LogP contribution in [0.3, 0.4) is 0 Å². The maximum Gasteiger partial charge on any atom is 0.323 e. The molecule has 3 aromatic carbocycles. The molecule has 3 N–H and O–H groups in total. The van der Waals surface area contributed by atoms with Crippen molar-refractivity contribution in [3.63, 3.8) is 0 Å². The van der Waals surface area contributed by atoms with E-state index in [-0.39, 0.29) is 5.91 Å². The minimum atomic E-state index is -0.410. The molecule has 188 valence electrons. The Morgan fingerprint density at radius 3 is 2.22 bits per heavy atom. The monoisotopic (exact) mass is 488 g/mol. The first-order chi connectivity index (χ1) is 17.6. The number of ether oxygens (including phenoxy) is 2. The van der Waals surface area contributed by atoms with E-state index in [2.05, 4.69) is 20.9 Å². The number of carbonyl (C=O) groups is 2. The second-order valence-corrected chi connectivity index (χ2v) is 8.59. The van der Waals surface area contributed by atoms with Crippen LogP contribution in [0.1, 0.15) is 29.6 Å². The third-order valence-electron chi connectivity index (χ3n) is 5.96. The molecule has 0 bridgehead atoms. The van der Waals surface area contributed by atoms with E-state index in [1.807, 2.05) is 30.3 Å². The summed E-state index contributed by atoms with van der Waals surface area (Å²) >= 11 is 0. The van der Waals surface area contributed by atoms with Gasteiger partial charge in [-0.05, 0) is 74.5 Å². The molecule has 4 rings (SSSR count). The first kappa shape index (κ1) is 25.1. The zero-order chi connectivity index (χ0) is 25.2. The fraction of sp³-hybridized carbons (Fsp3) is 0.286. The second-order valence-electron chi connectivity index (χ2n) is 8.59. The van der Waals surface area contributed by atoms with Crippen molar-refractivity contribution in [2.45, 2.75) is 19.3 Å². The summed E-state index contributed by atoms with van der Waals surface area (Å²) in [4.78, 5) is 27.5. The van der Waals surface area contributed by atoms with E-state index in [0.29, 0.717) is 35.0 Å². The summed E-state index contributed by atoms with van der Waals surface area (Å²) in [6.45, 7) is 3.60. The molecule has 1 aliphatic rings. The number of nitrogens with zero attached hydrogens (tertiary/aromatic N) is 1. The van der Waals surface area contributed by atoms with E-state index in [1.54, 1.807) is 42.5 Å². The van der Waals surface area contributed by atoms with Crippen LogP contribution in [0.15, 0.2) is 72.8 Å². The lowest BCUT2D eigenvalue weighted by Crippen LogP contribution is -2.37. The van der Waals surface area contributed by atoms with Gasteiger partial charge in [0.2, 0.25) is 0 Å². The molecule has 0 unspecified atom stereocenters. The first-order valence-corrected chi connectivity index (χ1v) is 12.2. The summed E-state index contributed by atoms with van der Waals surface area (Å²) in [5, 5.41) is 8.52. The van der Waals surface area contributed by atoms with Crippen molar-refractivity contribution in [1.29, 1.82) is 0 Å². The molecule has 1 saturated heterocycles. The standard InChI is InChI=1S/C28H32N4O4/c1-35-26-20-22(12-15-25(26)27(33)29-16-19-32-17-6-3-7-18-32)31-28(34)30-21-10-13-24(14-11-21)36-23-8-4-2-5-9-23/h2,4-5,8-15,20H,3,6-7,16-19H2,1H3,(H,29,33)(H2,30,31,34). The van der Waals surface area contributed by atoms with Gasteiger partial charge in [-0.1, -0.05) is 24.6 Å². The first-order valence-electron chi connectivity index (χ1n) is 12.2. The van der Waals surface area contributed by atoms with Gasteiger partial charge in [0, 0.05) is 30.5 Å². The van der Waals surface area contributed by atoms with Gasteiger partial charge in [0.05, 0.1) is 12.7 Å². The lowest BCUT2D eigenvalue weighted by atomic mass is 10.1. The molecule has 8 nitrogen and oxygen atoms in total. The van der Waals surface area contributed by atoms with Crippen LogP contribution >= 0.6 is 0 Å². The van der Waals surface area contributed by atoms with E-state index >= 15 is 0 Å². The number of methoxy groups -OCH3 is 1. The van der Waals surface area contributed by atoms with E-state index < -0.39 is 6.03 Å². The Bertz CT molecular complexity index is 1150. The van der Waals surface area contributed by atoms with Crippen LogP contribution in [-0.2, 0) is 0 Å². The fourth-order valence-corrected chi connectivity index (χ4v) is 4.09. The minimum Gasteiger partial charge on any atom is -0.496 e. The van der Waals surface area contributed by atoms with Gasteiger partial charge < -0.3 is 30.3 Å². The van der Waals surface area contributed by atoms with Gasteiger partial charge in [0.15, 0.2) is 0 Å². The van der Waals surface area contributed by atoms with Gasteiger partial charge in [-0.3, -0.25) is 4.79 Å². The second kappa shape index (κ2) is 12.6. The van der Waals surface area contributed by atoms with Crippen molar-refractivity contribution in [3.05, 3.63) is 78.4 Å². The van der Waals surface area contributed by atoms with Crippen LogP contribution in [-0.4, -0.2) is 50.1 Å². The highest BCUT2D eigenvalue weighted by Gasteiger charge is 2.15. The quantitative estimate of drug-likeness (QED) is 0.378. The molecule has 0 aliphatic carbocycles. The number of nitrogens with one attached hydrogen (secondary N) is 3. The number of piperidine rings is 1. The molecule has 8 heteroatoms. The maximum atomic E-state index is 12.7. The molecule has 0 saturated carbocycles. The van der Waals surface area contributed by atoms with E-state index in [4.69, 9.17) is 9.47 Å². The van der Waals surface area contributed by atoms with Gasteiger partial charge in [0.1, 0.15) is 17.2 Å². The average molecular weight is 489 g/mol. The van der Waals surface area contributed by atoms with Crippen molar-refractivity contribution in [2.24, 2.45) is 0 Å². The predicted octanol–water partition coefficient (Wildman–Crippen LogP) is 5.35. The topological polar surface area (TPSA) is 91.9 Å². The van der Waals surface area contributed by atoms with Crippen LogP contribution in [0.2, 0.25) is 0 Å². The van der Waals surface area contributed by atoms with E-state index in [1.165, 1.54) is 26.4 Å². The number of urea groups is 1. The molecular weight excluding hydrogens is 456 g/mol. The highest BCUT2D eigenvalue weighted by atomic mass is 16.5. The van der Waals surface area contributed by atoms with Crippen LogP contribution < -0.4 is 25.4 Å².